The van der Waals surface area contributed by atoms with Crippen LogP contribution in [0, 0.1) is 11.8 Å². The summed E-state index contributed by atoms with van der Waals surface area (Å²) in [5.41, 5.74) is 1.70. The summed E-state index contributed by atoms with van der Waals surface area (Å²) >= 11 is 0. The van der Waals surface area contributed by atoms with E-state index in [4.69, 9.17) is 9.47 Å². The summed E-state index contributed by atoms with van der Waals surface area (Å²) in [6, 6.07) is 18.4. The van der Waals surface area contributed by atoms with Crippen molar-refractivity contribution in [3.05, 3.63) is 71.8 Å². The number of ether oxygens (including phenoxy) is 2. The van der Waals surface area contributed by atoms with Crippen LogP contribution in [0.2, 0.25) is 0 Å². The Bertz CT molecular complexity index is 622. The van der Waals surface area contributed by atoms with E-state index in [0.29, 0.717) is 0 Å². The number of benzene rings is 2. The van der Waals surface area contributed by atoms with Gasteiger partial charge in [-0.2, -0.15) is 0 Å². The summed E-state index contributed by atoms with van der Waals surface area (Å²) in [7, 11) is 0. The quantitative estimate of drug-likeness (QED) is 0.494. The molecule has 0 aliphatic heterocycles. The van der Waals surface area contributed by atoms with Crippen LogP contribution in [0.3, 0.4) is 0 Å². The lowest BCUT2D eigenvalue weighted by Gasteiger charge is -2.00. The van der Waals surface area contributed by atoms with Crippen LogP contribution in [0.25, 0.3) is 0 Å². The van der Waals surface area contributed by atoms with Gasteiger partial charge >= 0.3 is 11.9 Å². The van der Waals surface area contributed by atoms with Crippen LogP contribution in [0.1, 0.15) is 11.1 Å². The molecular formula is C18H14O4. The summed E-state index contributed by atoms with van der Waals surface area (Å²) in [5.74, 6) is 2.68. The zero-order valence-electron chi connectivity index (χ0n) is 11.8. The molecule has 4 heteroatoms. The van der Waals surface area contributed by atoms with Gasteiger partial charge in [0, 0.05) is 11.8 Å². The van der Waals surface area contributed by atoms with Crippen molar-refractivity contribution < 1.29 is 19.1 Å². The molecule has 0 unspecified atom stereocenters. The number of esters is 2. The molecule has 2 aromatic rings. The second-order valence-corrected chi connectivity index (χ2v) is 4.37. The molecular weight excluding hydrogens is 280 g/mol. The molecule has 0 aliphatic rings. The third-order valence-electron chi connectivity index (χ3n) is 2.69. The van der Waals surface area contributed by atoms with Crippen molar-refractivity contribution in [2.75, 3.05) is 0 Å². The van der Waals surface area contributed by atoms with E-state index in [1.165, 1.54) is 0 Å². The summed E-state index contributed by atoms with van der Waals surface area (Å²) in [4.78, 5) is 22.8. The van der Waals surface area contributed by atoms with E-state index in [0.717, 1.165) is 11.1 Å². The van der Waals surface area contributed by atoms with Gasteiger partial charge in [-0.25, -0.2) is 9.59 Å². The van der Waals surface area contributed by atoms with E-state index >= 15 is 0 Å². The van der Waals surface area contributed by atoms with Crippen LogP contribution in [0.15, 0.2) is 60.7 Å². The van der Waals surface area contributed by atoms with Gasteiger partial charge in [0.05, 0.1) is 0 Å². The highest BCUT2D eigenvalue weighted by atomic mass is 16.5. The second-order valence-electron chi connectivity index (χ2n) is 4.37. The van der Waals surface area contributed by atoms with Gasteiger partial charge in [0.2, 0.25) is 0 Å². The van der Waals surface area contributed by atoms with Crippen LogP contribution >= 0.6 is 0 Å². The molecule has 0 atom stereocenters. The Labute approximate surface area is 128 Å². The molecule has 2 rings (SSSR count). The highest BCUT2D eigenvalue weighted by Crippen LogP contribution is 2.01. The maximum Gasteiger partial charge on any atom is 0.385 e. The zero-order valence-corrected chi connectivity index (χ0v) is 11.8. The van der Waals surface area contributed by atoms with Crippen molar-refractivity contribution >= 4 is 11.9 Å². The monoisotopic (exact) mass is 294 g/mol. The van der Waals surface area contributed by atoms with E-state index in [9.17, 15) is 9.59 Å². The van der Waals surface area contributed by atoms with Gasteiger partial charge < -0.3 is 9.47 Å². The minimum absolute atomic E-state index is 0.118. The molecule has 110 valence electrons. The van der Waals surface area contributed by atoms with Gasteiger partial charge in [0.25, 0.3) is 0 Å². The Morgan fingerprint density at radius 2 is 1.05 bits per heavy atom. The normalized spacial score (nSPS) is 9.27. The minimum atomic E-state index is -0.763. The largest absolute Gasteiger partial charge is 0.451 e. The smallest absolute Gasteiger partial charge is 0.385 e. The van der Waals surface area contributed by atoms with Crippen LogP contribution in [-0.4, -0.2) is 11.9 Å². The fourth-order valence-corrected chi connectivity index (χ4v) is 1.62. The highest BCUT2D eigenvalue weighted by Gasteiger charge is 2.01. The Morgan fingerprint density at radius 3 is 1.41 bits per heavy atom. The Hall–Kier alpha value is -3.06. The lowest BCUT2D eigenvalue weighted by Crippen LogP contribution is -2.05. The lowest BCUT2D eigenvalue weighted by atomic mass is 10.2. The molecule has 0 N–H and O–H groups in total. The SMILES string of the molecule is O=C(C#CC(=O)OCc1ccccc1)OCc1ccccc1. The average molecular weight is 294 g/mol. The molecule has 0 saturated carbocycles. The molecule has 0 aliphatic carbocycles. The molecule has 4 nitrogen and oxygen atoms in total. The number of hydrogen-bond acceptors (Lipinski definition) is 4. The molecule has 22 heavy (non-hydrogen) atoms. The van der Waals surface area contributed by atoms with Crippen molar-refractivity contribution in [3.8, 4) is 11.8 Å². The van der Waals surface area contributed by atoms with Crippen molar-refractivity contribution in [1.29, 1.82) is 0 Å². The van der Waals surface area contributed by atoms with E-state index in [1.54, 1.807) is 0 Å². The molecule has 2 aromatic carbocycles. The van der Waals surface area contributed by atoms with Gasteiger partial charge in [0.1, 0.15) is 13.2 Å². The van der Waals surface area contributed by atoms with Crippen molar-refractivity contribution in [2.24, 2.45) is 0 Å². The van der Waals surface area contributed by atoms with Crippen molar-refractivity contribution in [3.63, 3.8) is 0 Å². The summed E-state index contributed by atoms with van der Waals surface area (Å²) in [5, 5.41) is 0. The topological polar surface area (TPSA) is 52.6 Å². The first-order chi connectivity index (χ1) is 10.7. The average Bonchev–Trinajstić information content (AvgIpc) is 2.58. The maximum atomic E-state index is 11.4. The molecule has 0 heterocycles. The molecule has 0 amide bonds. The van der Waals surface area contributed by atoms with Crippen LogP contribution in [0.5, 0.6) is 0 Å². The Balaban J connectivity index is 1.74. The molecule has 0 fully saturated rings. The Kier molecular flexibility index (Phi) is 5.77. The lowest BCUT2D eigenvalue weighted by molar-refractivity contribution is -0.140. The van der Waals surface area contributed by atoms with E-state index in [-0.39, 0.29) is 13.2 Å². The van der Waals surface area contributed by atoms with Gasteiger partial charge in [0.15, 0.2) is 0 Å². The standard InChI is InChI=1S/C18H14O4/c19-17(21-13-15-7-3-1-4-8-15)11-12-18(20)22-14-16-9-5-2-6-10-16/h1-10H,13-14H2. The molecule has 0 bridgehead atoms. The van der Waals surface area contributed by atoms with E-state index < -0.39 is 11.9 Å². The van der Waals surface area contributed by atoms with E-state index in [2.05, 4.69) is 11.8 Å². The number of rotatable bonds is 4. The van der Waals surface area contributed by atoms with Crippen LogP contribution in [-0.2, 0) is 32.3 Å². The summed E-state index contributed by atoms with van der Waals surface area (Å²) in [6.07, 6.45) is 0. The molecule has 0 radical (unpaired) electrons. The number of carbonyl (C=O) groups excluding carboxylic acids is 2. The number of carbonyl (C=O) groups is 2. The minimum Gasteiger partial charge on any atom is -0.451 e. The molecule has 0 spiro atoms. The zero-order chi connectivity index (χ0) is 15.6. The first kappa shape index (κ1) is 15.3. The first-order valence-corrected chi connectivity index (χ1v) is 6.67. The number of hydrogen-bond donors (Lipinski definition) is 0. The van der Waals surface area contributed by atoms with Gasteiger partial charge in [-0.15, -0.1) is 0 Å². The predicted molar refractivity (Wildman–Crippen MR) is 80.3 cm³/mol. The van der Waals surface area contributed by atoms with Gasteiger partial charge in [-0.05, 0) is 11.1 Å². The summed E-state index contributed by atoms with van der Waals surface area (Å²) < 4.78 is 9.84. The second kappa shape index (κ2) is 8.28. The van der Waals surface area contributed by atoms with Gasteiger partial charge in [-0.1, -0.05) is 60.7 Å². The van der Waals surface area contributed by atoms with E-state index in [1.807, 2.05) is 60.7 Å². The summed E-state index contributed by atoms with van der Waals surface area (Å²) in [6.45, 7) is 0.237. The van der Waals surface area contributed by atoms with Gasteiger partial charge in [-0.3, -0.25) is 0 Å². The third-order valence-corrected chi connectivity index (χ3v) is 2.69. The first-order valence-electron chi connectivity index (χ1n) is 6.67. The predicted octanol–water partition coefficient (Wildman–Crippen LogP) is 2.48. The maximum absolute atomic E-state index is 11.4. The molecule has 0 aromatic heterocycles. The van der Waals surface area contributed by atoms with Crippen molar-refractivity contribution in [1.82, 2.24) is 0 Å². The van der Waals surface area contributed by atoms with Crippen LogP contribution < -0.4 is 0 Å². The fraction of sp³-hybridized carbons (Fsp3) is 0.111. The fourth-order valence-electron chi connectivity index (χ4n) is 1.62. The third kappa shape index (κ3) is 5.51. The Morgan fingerprint density at radius 1 is 0.682 bits per heavy atom. The van der Waals surface area contributed by atoms with Crippen LogP contribution in [0.4, 0.5) is 0 Å². The highest BCUT2D eigenvalue weighted by molar-refractivity contribution is 5.98. The van der Waals surface area contributed by atoms with Crippen molar-refractivity contribution in [2.45, 2.75) is 13.2 Å². The molecule has 0 saturated heterocycles.